The van der Waals surface area contributed by atoms with Crippen LogP contribution in [0.3, 0.4) is 0 Å². The Morgan fingerprint density at radius 3 is 1.19 bits per heavy atom. The highest BCUT2D eigenvalue weighted by Crippen LogP contribution is 2.26. The first-order valence-electron chi connectivity index (χ1n) is 8.22. The van der Waals surface area contributed by atoms with Crippen molar-refractivity contribution in [2.75, 3.05) is 73.9 Å². The van der Waals surface area contributed by atoms with Gasteiger partial charge in [0.15, 0.2) is 11.6 Å². The summed E-state index contributed by atoms with van der Waals surface area (Å²) in [4.78, 5) is 17.4. The highest BCUT2D eigenvalue weighted by Gasteiger charge is 2.16. The molecule has 0 radical (unpaired) electrons. The number of fused-ring (bicyclic) bond motifs is 1. The van der Waals surface area contributed by atoms with Gasteiger partial charge in [0.05, 0.1) is 26.4 Å². The zero-order chi connectivity index (χ0) is 18.8. The van der Waals surface area contributed by atoms with Crippen LogP contribution in [0.25, 0.3) is 11.0 Å². The number of hydrogen-bond donors (Lipinski definition) is 8. The van der Waals surface area contributed by atoms with Gasteiger partial charge in [-0.2, -0.15) is 9.97 Å². The van der Waals surface area contributed by atoms with E-state index in [1.54, 1.807) is 0 Å². The van der Waals surface area contributed by atoms with Gasteiger partial charge in [-0.1, -0.05) is 0 Å². The number of aromatic nitrogens is 4. The lowest BCUT2D eigenvalue weighted by molar-refractivity contribution is 0.310. The summed E-state index contributed by atoms with van der Waals surface area (Å²) in [7, 11) is 0. The number of nitrogens with zero attached hydrogens (tertiary/aromatic N) is 4. The molecule has 0 aliphatic carbocycles. The third kappa shape index (κ3) is 5.23. The monoisotopic (exact) mass is 368 g/mol. The van der Waals surface area contributed by atoms with Crippen molar-refractivity contribution in [2.45, 2.75) is 0 Å². The fourth-order valence-corrected chi connectivity index (χ4v) is 2.10. The molecule has 0 fully saturated rings. The van der Waals surface area contributed by atoms with Crippen molar-refractivity contribution >= 4 is 34.6 Å². The van der Waals surface area contributed by atoms with Gasteiger partial charge in [0.2, 0.25) is 11.9 Å². The molecule has 0 aliphatic rings. The summed E-state index contributed by atoms with van der Waals surface area (Å²) in [6, 6.07) is 0. The van der Waals surface area contributed by atoms with E-state index in [1.165, 1.54) is 0 Å². The average molecular weight is 368 g/mol. The minimum absolute atomic E-state index is 0.0864. The zero-order valence-electron chi connectivity index (χ0n) is 14.2. The van der Waals surface area contributed by atoms with Crippen LogP contribution in [0, 0.1) is 0 Å². The Kier molecular flexibility index (Phi) is 7.95. The molecule has 0 saturated heterocycles. The van der Waals surface area contributed by atoms with Crippen LogP contribution in [0.4, 0.5) is 23.5 Å². The van der Waals surface area contributed by atoms with E-state index in [1.807, 2.05) is 0 Å². The van der Waals surface area contributed by atoms with Gasteiger partial charge in [0.1, 0.15) is 11.0 Å². The van der Waals surface area contributed by atoms with Crippen molar-refractivity contribution in [2.24, 2.45) is 0 Å². The Labute approximate surface area is 149 Å². The lowest BCUT2D eigenvalue weighted by atomic mass is 10.3. The molecule has 0 saturated carbocycles. The van der Waals surface area contributed by atoms with Crippen molar-refractivity contribution in [1.29, 1.82) is 0 Å². The Bertz CT molecular complexity index is 643. The highest BCUT2D eigenvalue weighted by molar-refractivity contribution is 5.94. The summed E-state index contributed by atoms with van der Waals surface area (Å²) in [5.41, 5.74) is 0.813. The van der Waals surface area contributed by atoms with Crippen molar-refractivity contribution < 1.29 is 20.4 Å². The molecule has 2 aromatic heterocycles. The average Bonchev–Trinajstić information content (AvgIpc) is 2.67. The second-order valence-electron chi connectivity index (χ2n) is 5.09. The summed E-state index contributed by atoms with van der Waals surface area (Å²) in [6.07, 6.45) is 0. The van der Waals surface area contributed by atoms with Gasteiger partial charge >= 0.3 is 0 Å². The molecule has 0 atom stereocenters. The summed E-state index contributed by atoms with van der Waals surface area (Å²) in [5, 5.41) is 47.8. The number of anilines is 4. The van der Waals surface area contributed by atoms with Crippen molar-refractivity contribution in [3.8, 4) is 0 Å². The maximum atomic E-state index is 9.08. The second kappa shape index (κ2) is 10.5. The van der Waals surface area contributed by atoms with Gasteiger partial charge in [-0.15, -0.1) is 0 Å². The lowest BCUT2D eigenvalue weighted by Gasteiger charge is -2.14. The molecular formula is C14H24N8O4. The van der Waals surface area contributed by atoms with E-state index in [4.69, 9.17) is 20.4 Å². The minimum Gasteiger partial charge on any atom is -0.395 e. The molecule has 12 nitrogen and oxygen atoms in total. The molecule has 12 heteroatoms. The molecule has 0 amide bonds. The molecule has 144 valence electrons. The van der Waals surface area contributed by atoms with Crippen molar-refractivity contribution in [3.05, 3.63) is 0 Å². The van der Waals surface area contributed by atoms with Gasteiger partial charge < -0.3 is 41.7 Å². The molecule has 2 heterocycles. The van der Waals surface area contributed by atoms with Crippen LogP contribution in [0.1, 0.15) is 0 Å². The van der Waals surface area contributed by atoms with Gasteiger partial charge in [0.25, 0.3) is 0 Å². The molecule has 8 N–H and O–H groups in total. The smallest absolute Gasteiger partial charge is 0.225 e. The Morgan fingerprint density at radius 2 is 0.846 bits per heavy atom. The first-order chi connectivity index (χ1) is 12.7. The van der Waals surface area contributed by atoms with Gasteiger partial charge in [0, 0.05) is 26.2 Å². The van der Waals surface area contributed by atoms with E-state index in [2.05, 4.69) is 41.2 Å². The Hall–Kier alpha value is -2.54. The highest BCUT2D eigenvalue weighted by atomic mass is 16.3. The quantitative estimate of drug-likeness (QED) is 0.207. The van der Waals surface area contributed by atoms with Gasteiger partial charge in [-0.25, -0.2) is 9.97 Å². The molecule has 0 spiro atoms. The van der Waals surface area contributed by atoms with E-state index >= 15 is 0 Å². The predicted octanol–water partition coefficient (Wildman–Crippen LogP) is -1.96. The Morgan fingerprint density at radius 1 is 0.500 bits per heavy atom. The van der Waals surface area contributed by atoms with Crippen LogP contribution >= 0.6 is 0 Å². The first-order valence-corrected chi connectivity index (χ1v) is 8.22. The molecular weight excluding hydrogens is 344 g/mol. The molecule has 0 aromatic carbocycles. The third-order valence-electron chi connectivity index (χ3n) is 3.14. The molecule has 2 rings (SSSR count). The van der Waals surface area contributed by atoms with Crippen LogP contribution in [-0.4, -0.2) is 93.0 Å². The third-order valence-corrected chi connectivity index (χ3v) is 3.14. The van der Waals surface area contributed by atoms with Crippen LogP contribution in [0.5, 0.6) is 0 Å². The van der Waals surface area contributed by atoms with E-state index in [0.717, 1.165) is 0 Å². The number of nitrogens with one attached hydrogen (secondary N) is 4. The van der Waals surface area contributed by atoms with Crippen LogP contribution in [0.2, 0.25) is 0 Å². The summed E-state index contributed by atoms with van der Waals surface area (Å²) < 4.78 is 0. The van der Waals surface area contributed by atoms with E-state index in [0.29, 0.717) is 22.7 Å². The van der Waals surface area contributed by atoms with Gasteiger partial charge in [-0.3, -0.25) is 0 Å². The fraction of sp³-hybridized carbons (Fsp3) is 0.571. The predicted molar refractivity (Wildman–Crippen MR) is 97.4 cm³/mol. The SMILES string of the molecule is OCCNc1nc(NCCO)c2nc(NCCO)nc(NCCO)c2n1. The topological polar surface area (TPSA) is 181 Å². The van der Waals surface area contributed by atoms with Crippen molar-refractivity contribution in [3.63, 3.8) is 0 Å². The summed E-state index contributed by atoms with van der Waals surface area (Å²) >= 11 is 0. The first kappa shape index (κ1) is 19.8. The minimum atomic E-state index is -0.0960. The zero-order valence-corrected chi connectivity index (χ0v) is 14.2. The molecule has 0 unspecified atom stereocenters. The molecule has 2 aromatic rings. The molecule has 26 heavy (non-hydrogen) atoms. The standard InChI is InChI=1S/C14H24N8O4/c23-5-1-15-11-9-10(20-13(21-11)17-3-7-25)12(16-2-6-24)22-14(19-9)18-4-8-26/h23-26H,1-8H2,(H2,15,17,20,21)(H2,16,18,19,22). The van der Waals surface area contributed by atoms with Crippen molar-refractivity contribution in [1.82, 2.24) is 19.9 Å². The largest absolute Gasteiger partial charge is 0.395 e. The molecule has 0 aliphatic heterocycles. The van der Waals surface area contributed by atoms with E-state index in [-0.39, 0.29) is 64.5 Å². The number of hydrogen-bond acceptors (Lipinski definition) is 12. The van der Waals surface area contributed by atoms with E-state index in [9.17, 15) is 0 Å². The van der Waals surface area contributed by atoms with Crippen LogP contribution in [-0.2, 0) is 0 Å². The van der Waals surface area contributed by atoms with E-state index < -0.39 is 0 Å². The van der Waals surface area contributed by atoms with Crippen LogP contribution < -0.4 is 21.3 Å². The van der Waals surface area contributed by atoms with Gasteiger partial charge in [-0.05, 0) is 0 Å². The van der Waals surface area contributed by atoms with Crippen LogP contribution in [0.15, 0.2) is 0 Å². The number of rotatable bonds is 12. The maximum Gasteiger partial charge on any atom is 0.225 e. The lowest BCUT2D eigenvalue weighted by Crippen LogP contribution is -2.16. The Balaban J connectivity index is 2.53. The normalized spacial score (nSPS) is 10.8. The summed E-state index contributed by atoms with van der Waals surface area (Å²) in [6.45, 7) is 0.682. The fourth-order valence-electron chi connectivity index (χ4n) is 2.10. The maximum absolute atomic E-state index is 9.08. The number of aliphatic hydroxyl groups excluding tert-OH is 4. The second-order valence-corrected chi connectivity index (χ2v) is 5.09. The molecule has 0 bridgehead atoms. The number of aliphatic hydroxyl groups is 4. The summed E-state index contributed by atoms with van der Waals surface area (Å²) in [5.74, 6) is 1.29.